The minimum Gasteiger partial charge on any atom is -0.328 e. The van der Waals surface area contributed by atoms with Crippen molar-refractivity contribution in [3.8, 4) is 0 Å². The van der Waals surface area contributed by atoms with E-state index < -0.39 is 10.0 Å². The zero-order valence-electron chi connectivity index (χ0n) is 8.91. The number of pyridine rings is 1. The molecule has 0 radical (unpaired) electrons. The summed E-state index contributed by atoms with van der Waals surface area (Å²) in [4.78, 5) is 4.09. The molecule has 0 aromatic carbocycles. The molecular formula is C10H15N3O2S. The predicted octanol–water partition coefficient (Wildman–Crippen LogP) is 0.193. The molecule has 1 aliphatic rings. The lowest BCUT2D eigenvalue weighted by molar-refractivity contribution is 0.320. The van der Waals surface area contributed by atoms with Crippen LogP contribution in [0, 0.1) is 0 Å². The lowest BCUT2D eigenvalue weighted by atomic mass is 10.1. The Morgan fingerprint density at radius 1 is 1.38 bits per heavy atom. The summed E-state index contributed by atoms with van der Waals surface area (Å²) in [5.74, 6) is 0. The Labute approximate surface area is 95.3 Å². The number of hydrogen-bond donors (Lipinski definition) is 1. The lowest BCUT2D eigenvalue weighted by Gasteiger charge is -2.29. The van der Waals surface area contributed by atoms with Crippen molar-refractivity contribution < 1.29 is 8.42 Å². The Balaban J connectivity index is 2.20. The van der Waals surface area contributed by atoms with Gasteiger partial charge < -0.3 is 5.73 Å². The van der Waals surface area contributed by atoms with Crippen LogP contribution in [0.5, 0.6) is 0 Å². The molecule has 1 aromatic heterocycles. The molecule has 5 nitrogen and oxygen atoms in total. The van der Waals surface area contributed by atoms with Gasteiger partial charge in [-0.3, -0.25) is 4.98 Å². The number of sulfonamides is 1. The average Bonchev–Trinajstić information content (AvgIpc) is 2.31. The molecule has 0 bridgehead atoms. The largest absolute Gasteiger partial charge is 0.328 e. The maximum Gasteiger partial charge on any atom is 0.244 e. The Hall–Kier alpha value is -0.980. The van der Waals surface area contributed by atoms with Crippen molar-refractivity contribution >= 4 is 10.0 Å². The molecule has 0 saturated carbocycles. The second-order valence-corrected chi connectivity index (χ2v) is 5.87. The number of aromatic nitrogens is 1. The first-order valence-electron chi connectivity index (χ1n) is 5.26. The minimum absolute atomic E-state index is 0.125. The monoisotopic (exact) mass is 241 g/mol. The summed E-state index contributed by atoms with van der Waals surface area (Å²) in [6.45, 7) is 0.997. The van der Waals surface area contributed by atoms with Crippen LogP contribution in [-0.4, -0.2) is 36.8 Å². The lowest BCUT2D eigenvalue weighted by Crippen LogP contribution is -2.42. The molecule has 2 heterocycles. The number of rotatable bonds is 2. The molecule has 0 unspecified atom stereocenters. The van der Waals surface area contributed by atoms with Gasteiger partial charge in [0.1, 0.15) is 4.90 Å². The van der Waals surface area contributed by atoms with Gasteiger partial charge in [-0.1, -0.05) is 0 Å². The molecule has 0 atom stereocenters. The van der Waals surface area contributed by atoms with Crippen molar-refractivity contribution in [3.63, 3.8) is 0 Å². The highest BCUT2D eigenvalue weighted by molar-refractivity contribution is 7.89. The third-order valence-electron chi connectivity index (χ3n) is 2.77. The summed E-state index contributed by atoms with van der Waals surface area (Å²) in [6, 6.07) is 3.32. The molecule has 1 aromatic rings. The maximum atomic E-state index is 12.1. The molecule has 2 rings (SSSR count). The Bertz CT molecular complexity index is 438. The summed E-state index contributed by atoms with van der Waals surface area (Å²) >= 11 is 0. The number of hydrogen-bond acceptors (Lipinski definition) is 4. The van der Waals surface area contributed by atoms with Crippen molar-refractivity contribution in [2.24, 2.45) is 5.73 Å². The van der Waals surface area contributed by atoms with Crippen LogP contribution in [-0.2, 0) is 10.0 Å². The van der Waals surface area contributed by atoms with E-state index in [4.69, 9.17) is 5.73 Å². The highest BCUT2D eigenvalue weighted by Crippen LogP contribution is 2.18. The van der Waals surface area contributed by atoms with Gasteiger partial charge in [0, 0.05) is 31.5 Å². The summed E-state index contributed by atoms with van der Waals surface area (Å²) < 4.78 is 25.8. The van der Waals surface area contributed by atoms with Gasteiger partial charge in [0.2, 0.25) is 10.0 Å². The zero-order valence-corrected chi connectivity index (χ0v) is 9.73. The van der Waals surface area contributed by atoms with Crippen LogP contribution >= 0.6 is 0 Å². The second kappa shape index (κ2) is 4.48. The van der Waals surface area contributed by atoms with E-state index in [0.29, 0.717) is 13.1 Å². The quantitative estimate of drug-likeness (QED) is 0.802. The fraction of sp³-hybridized carbons (Fsp3) is 0.500. The zero-order chi connectivity index (χ0) is 11.6. The molecule has 1 saturated heterocycles. The Morgan fingerprint density at radius 2 is 2.06 bits per heavy atom. The molecule has 0 amide bonds. The first-order valence-corrected chi connectivity index (χ1v) is 6.70. The summed E-state index contributed by atoms with van der Waals surface area (Å²) in [7, 11) is -3.37. The van der Waals surface area contributed by atoms with Crippen LogP contribution in [0.2, 0.25) is 0 Å². The van der Waals surface area contributed by atoms with Gasteiger partial charge >= 0.3 is 0 Å². The van der Waals surface area contributed by atoms with Gasteiger partial charge in [0.25, 0.3) is 0 Å². The van der Waals surface area contributed by atoms with Crippen molar-refractivity contribution in [2.75, 3.05) is 13.1 Å². The van der Waals surface area contributed by atoms with Crippen molar-refractivity contribution in [2.45, 2.75) is 23.8 Å². The predicted molar refractivity (Wildman–Crippen MR) is 60.2 cm³/mol. The van der Waals surface area contributed by atoms with Gasteiger partial charge in [-0.25, -0.2) is 8.42 Å². The van der Waals surface area contributed by atoms with Gasteiger partial charge in [-0.15, -0.1) is 0 Å². The normalized spacial score (nSPS) is 19.8. The van der Waals surface area contributed by atoms with E-state index >= 15 is 0 Å². The Kier molecular flexibility index (Phi) is 3.22. The van der Waals surface area contributed by atoms with Crippen LogP contribution in [0.25, 0.3) is 0 Å². The fourth-order valence-electron chi connectivity index (χ4n) is 1.76. The van der Waals surface area contributed by atoms with Gasteiger partial charge in [0.15, 0.2) is 0 Å². The summed E-state index contributed by atoms with van der Waals surface area (Å²) in [5, 5.41) is 0. The standard InChI is InChI=1S/C10H15N3O2S/c11-9-3-6-13(7-4-9)16(14,15)10-2-1-5-12-8-10/h1-2,5,8-9H,3-4,6-7,11H2. The van der Waals surface area contributed by atoms with Gasteiger partial charge in [-0.2, -0.15) is 4.31 Å². The van der Waals surface area contributed by atoms with E-state index in [1.54, 1.807) is 18.3 Å². The average molecular weight is 241 g/mol. The summed E-state index contributed by atoms with van der Waals surface area (Å²) in [5.41, 5.74) is 5.75. The third kappa shape index (κ3) is 2.23. The van der Waals surface area contributed by atoms with Crippen LogP contribution in [0.15, 0.2) is 29.4 Å². The first kappa shape index (κ1) is 11.5. The Morgan fingerprint density at radius 3 is 2.62 bits per heavy atom. The molecule has 0 aliphatic carbocycles. The molecule has 16 heavy (non-hydrogen) atoms. The molecule has 88 valence electrons. The molecule has 6 heteroatoms. The molecule has 2 N–H and O–H groups in total. The van der Waals surface area contributed by atoms with Crippen molar-refractivity contribution in [1.29, 1.82) is 0 Å². The van der Waals surface area contributed by atoms with E-state index in [9.17, 15) is 8.42 Å². The van der Waals surface area contributed by atoms with E-state index in [2.05, 4.69) is 4.98 Å². The van der Waals surface area contributed by atoms with Crippen molar-refractivity contribution in [1.82, 2.24) is 9.29 Å². The fourth-order valence-corrected chi connectivity index (χ4v) is 3.20. The van der Waals surface area contributed by atoms with Gasteiger partial charge in [-0.05, 0) is 25.0 Å². The third-order valence-corrected chi connectivity index (χ3v) is 4.65. The van der Waals surface area contributed by atoms with Crippen LogP contribution in [0.4, 0.5) is 0 Å². The highest BCUT2D eigenvalue weighted by Gasteiger charge is 2.28. The second-order valence-electron chi connectivity index (χ2n) is 3.93. The van der Waals surface area contributed by atoms with E-state index in [1.165, 1.54) is 10.5 Å². The van der Waals surface area contributed by atoms with Crippen LogP contribution < -0.4 is 5.73 Å². The van der Waals surface area contributed by atoms with E-state index in [0.717, 1.165) is 12.8 Å². The van der Waals surface area contributed by atoms with Crippen LogP contribution in [0.3, 0.4) is 0 Å². The first-order chi connectivity index (χ1) is 7.60. The molecule has 1 aliphatic heterocycles. The van der Waals surface area contributed by atoms with E-state index in [-0.39, 0.29) is 10.9 Å². The number of nitrogens with zero attached hydrogens (tertiary/aromatic N) is 2. The van der Waals surface area contributed by atoms with Crippen LogP contribution in [0.1, 0.15) is 12.8 Å². The van der Waals surface area contributed by atoms with E-state index in [1.807, 2.05) is 0 Å². The van der Waals surface area contributed by atoms with Crippen molar-refractivity contribution in [3.05, 3.63) is 24.5 Å². The number of nitrogens with two attached hydrogens (primary N) is 1. The minimum atomic E-state index is -3.37. The van der Waals surface area contributed by atoms with Gasteiger partial charge in [0.05, 0.1) is 0 Å². The SMILES string of the molecule is NC1CCN(S(=O)(=O)c2cccnc2)CC1. The smallest absolute Gasteiger partial charge is 0.244 e. The molecule has 0 spiro atoms. The highest BCUT2D eigenvalue weighted by atomic mass is 32.2. The maximum absolute atomic E-state index is 12.1. The summed E-state index contributed by atoms with van der Waals surface area (Å²) in [6.07, 6.45) is 4.38. The molecular weight excluding hydrogens is 226 g/mol. The number of piperidine rings is 1. The topological polar surface area (TPSA) is 76.3 Å². The molecule has 1 fully saturated rings.